The van der Waals surface area contributed by atoms with Crippen molar-refractivity contribution in [3.63, 3.8) is 0 Å². The van der Waals surface area contributed by atoms with Gasteiger partial charge in [-0.2, -0.15) is 0 Å². The fraction of sp³-hybridized carbons (Fsp3) is 0.810. The Labute approximate surface area is 144 Å². The molecule has 4 aliphatic carbocycles. The molecular formula is C21H30O3. The van der Waals surface area contributed by atoms with Crippen LogP contribution in [0.2, 0.25) is 0 Å². The Hall–Kier alpha value is -1.12. The Morgan fingerprint density at radius 3 is 2.62 bits per heavy atom. The zero-order valence-electron chi connectivity index (χ0n) is 15.0. The second kappa shape index (κ2) is 5.44. The third-order valence-corrected chi connectivity index (χ3v) is 8.62. The van der Waals surface area contributed by atoms with Gasteiger partial charge in [-0.05, 0) is 80.0 Å². The minimum Gasteiger partial charge on any atom is -0.481 e. The molecule has 3 nitrogen and oxygen atoms in total. The van der Waals surface area contributed by atoms with Crippen molar-refractivity contribution in [2.24, 2.45) is 40.4 Å². The van der Waals surface area contributed by atoms with E-state index in [1.54, 1.807) is 0 Å². The Kier molecular flexibility index (Phi) is 3.71. The maximum atomic E-state index is 11.7. The van der Waals surface area contributed by atoms with Gasteiger partial charge in [-0.1, -0.05) is 25.5 Å². The summed E-state index contributed by atoms with van der Waals surface area (Å²) < 4.78 is 0. The van der Waals surface area contributed by atoms with Crippen molar-refractivity contribution in [2.45, 2.75) is 65.2 Å². The zero-order valence-corrected chi connectivity index (χ0v) is 15.0. The maximum Gasteiger partial charge on any atom is 0.307 e. The molecule has 24 heavy (non-hydrogen) atoms. The van der Waals surface area contributed by atoms with Crippen molar-refractivity contribution in [1.82, 2.24) is 0 Å². The normalized spacial score (nSPS) is 50.2. The first kappa shape index (κ1) is 16.4. The van der Waals surface area contributed by atoms with Crippen molar-refractivity contribution >= 4 is 12.3 Å². The maximum absolute atomic E-state index is 11.7. The number of allylic oxidation sites excluding steroid dienone is 2. The molecule has 0 aliphatic heterocycles. The van der Waals surface area contributed by atoms with E-state index in [0.29, 0.717) is 17.8 Å². The van der Waals surface area contributed by atoms with Gasteiger partial charge in [0.1, 0.15) is 6.29 Å². The highest BCUT2D eigenvalue weighted by molar-refractivity contribution is 5.71. The van der Waals surface area contributed by atoms with E-state index in [1.807, 2.05) is 0 Å². The lowest BCUT2D eigenvalue weighted by molar-refractivity contribution is -0.149. The van der Waals surface area contributed by atoms with Crippen LogP contribution in [0.5, 0.6) is 0 Å². The monoisotopic (exact) mass is 330 g/mol. The Bertz CT molecular complexity index is 594. The smallest absolute Gasteiger partial charge is 0.307 e. The molecule has 0 heterocycles. The van der Waals surface area contributed by atoms with Crippen LogP contribution < -0.4 is 0 Å². The summed E-state index contributed by atoms with van der Waals surface area (Å²) in [7, 11) is 0. The number of aldehydes is 1. The molecule has 0 bridgehead atoms. The summed E-state index contributed by atoms with van der Waals surface area (Å²) in [6, 6.07) is 0. The minimum atomic E-state index is -0.576. The molecule has 0 amide bonds. The van der Waals surface area contributed by atoms with Crippen LogP contribution in [0.4, 0.5) is 0 Å². The first-order valence-electron chi connectivity index (χ1n) is 9.79. The van der Waals surface area contributed by atoms with E-state index in [1.165, 1.54) is 18.4 Å². The van der Waals surface area contributed by atoms with Crippen molar-refractivity contribution in [2.75, 3.05) is 0 Å². The average molecular weight is 330 g/mol. The van der Waals surface area contributed by atoms with Gasteiger partial charge in [0.15, 0.2) is 0 Å². The highest BCUT2D eigenvalue weighted by Gasteiger charge is 2.60. The van der Waals surface area contributed by atoms with Crippen molar-refractivity contribution in [3.8, 4) is 0 Å². The molecule has 3 saturated carbocycles. The number of carbonyl (C=O) groups is 2. The van der Waals surface area contributed by atoms with E-state index >= 15 is 0 Å². The Morgan fingerprint density at radius 1 is 1.12 bits per heavy atom. The topological polar surface area (TPSA) is 54.4 Å². The predicted octanol–water partition coefficient (Wildman–Crippen LogP) is 4.47. The summed E-state index contributed by atoms with van der Waals surface area (Å²) in [5, 5.41) is 9.67. The molecule has 3 heteroatoms. The highest BCUT2D eigenvalue weighted by atomic mass is 16.4. The zero-order chi connectivity index (χ0) is 17.1. The van der Waals surface area contributed by atoms with E-state index in [-0.39, 0.29) is 22.7 Å². The second-order valence-electron chi connectivity index (χ2n) is 9.38. The van der Waals surface area contributed by atoms with Crippen LogP contribution in [0.1, 0.15) is 65.2 Å². The standard InChI is InChI=1S/C21H30O3/c1-20-9-7-13(12-22)11-14(20)3-4-15-16-5-6-18(19(23)24)21(16,2)10-8-17(15)20/h11-13,15-18H,3-10H2,1-2H3,(H,23,24)/t13?,15-,16-,17-,18+,20-,21-/m0/s1. The Morgan fingerprint density at radius 2 is 1.92 bits per heavy atom. The third-order valence-electron chi connectivity index (χ3n) is 8.62. The predicted molar refractivity (Wildman–Crippen MR) is 92.4 cm³/mol. The molecule has 3 fully saturated rings. The van der Waals surface area contributed by atoms with Crippen LogP contribution in [-0.4, -0.2) is 17.4 Å². The van der Waals surface area contributed by atoms with E-state index in [0.717, 1.165) is 44.8 Å². The number of rotatable bonds is 2. The van der Waals surface area contributed by atoms with Crippen LogP contribution in [0.3, 0.4) is 0 Å². The molecule has 0 aromatic heterocycles. The van der Waals surface area contributed by atoms with Gasteiger partial charge in [0, 0.05) is 5.92 Å². The van der Waals surface area contributed by atoms with Gasteiger partial charge < -0.3 is 9.90 Å². The number of aliphatic carboxylic acids is 1. The molecule has 0 radical (unpaired) electrons. The van der Waals surface area contributed by atoms with Gasteiger partial charge in [-0.15, -0.1) is 0 Å². The lowest BCUT2D eigenvalue weighted by Gasteiger charge is -2.58. The van der Waals surface area contributed by atoms with Gasteiger partial charge in [0.25, 0.3) is 0 Å². The fourth-order valence-corrected chi connectivity index (χ4v) is 7.27. The van der Waals surface area contributed by atoms with Crippen LogP contribution >= 0.6 is 0 Å². The number of carboxylic acid groups (broad SMARTS) is 1. The summed E-state index contributed by atoms with van der Waals surface area (Å²) in [4.78, 5) is 23.0. The van der Waals surface area contributed by atoms with Gasteiger partial charge in [-0.25, -0.2) is 0 Å². The summed E-state index contributed by atoms with van der Waals surface area (Å²) in [6.45, 7) is 4.69. The first-order chi connectivity index (χ1) is 11.4. The highest BCUT2D eigenvalue weighted by Crippen LogP contribution is 2.66. The molecular weight excluding hydrogens is 300 g/mol. The Balaban J connectivity index is 1.65. The molecule has 4 aliphatic rings. The summed E-state index contributed by atoms with van der Waals surface area (Å²) >= 11 is 0. The summed E-state index contributed by atoms with van der Waals surface area (Å²) in [5.74, 6) is 1.37. The van der Waals surface area contributed by atoms with E-state index in [2.05, 4.69) is 19.9 Å². The molecule has 132 valence electrons. The molecule has 0 aromatic carbocycles. The quantitative estimate of drug-likeness (QED) is 0.600. The third kappa shape index (κ3) is 2.09. The molecule has 0 saturated heterocycles. The fourth-order valence-electron chi connectivity index (χ4n) is 7.27. The molecule has 7 atom stereocenters. The number of hydrogen-bond donors (Lipinski definition) is 1. The van der Waals surface area contributed by atoms with E-state index in [9.17, 15) is 14.7 Å². The van der Waals surface area contributed by atoms with Crippen LogP contribution in [0.15, 0.2) is 11.6 Å². The average Bonchev–Trinajstić information content (AvgIpc) is 2.91. The molecule has 0 aromatic rings. The lowest BCUT2D eigenvalue weighted by Crippen LogP contribution is -2.51. The SMILES string of the molecule is C[C@]12CC[C@H]3[C@@H](CCC4=CC(C=O)CC[C@@]43C)[C@@H]1CC[C@@H]2C(=O)O. The lowest BCUT2D eigenvalue weighted by atomic mass is 9.46. The molecule has 4 rings (SSSR count). The molecule has 0 spiro atoms. The largest absolute Gasteiger partial charge is 0.481 e. The van der Waals surface area contributed by atoms with Crippen molar-refractivity contribution in [1.29, 1.82) is 0 Å². The van der Waals surface area contributed by atoms with Crippen molar-refractivity contribution < 1.29 is 14.7 Å². The van der Waals surface area contributed by atoms with Crippen LogP contribution in [-0.2, 0) is 9.59 Å². The van der Waals surface area contributed by atoms with Gasteiger partial charge in [0.05, 0.1) is 5.92 Å². The summed E-state index contributed by atoms with van der Waals surface area (Å²) in [6.07, 6.45) is 12.0. The van der Waals surface area contributed by atoms with Crippen LogP contribution in [0.25, 0.3) is 0 Å². The van der Waals surface area contributed by atoms with Gasteiger partial charge in [-0.3, -0.25) is 4.79 Å². The van der Waals surface area contributed by atoms with Crippen molar-refractivity contribution in [3.05, 3.63) is 11.6 Å². The number of hydrogen-bond acceptors (Lipinski definition) is 2. The van der Waals surface area contributed by atoms with Gasteiger partial charge in [0.2, 0.25) is 0 Å². The number of carboxylic acids is 1. The summed E-state index contributed by atoms with van der Waals surface area (Å²) in [5.41, 5.74) is 1.79. The first-order valence-corrected chi connectivity index (χ1v) is 9.79. The number of fused-ring (bicyclic) bond motifs is 5. The van der Waals surface area contributed by atoms with Gasteiger partial charge >= 0.3 is 5.97 Å². The van der Waals surface area contributed by atoms with E-state index in [4.69, 9.17) is 0 Å². The molecule has 1 N–H and O–H groups in total. The number of carbonyl (C=O) groups excluding carboxylic acids is 1. The minimum absolute atomic E-state index is 0.00454. The second-order valence-corrected chi connectivity index (χ2v) is 9.38. The van der Waals surface area contributed by atoms with Crippen LogP contribution in [0, 0.1) is 40.4 Å². The molecule has 1 unspecified atom stereocenters. The van der Waals surface area contributed by atoms with E-state index < -0.39 is 5.97 Å².